The molecule has 0 radical (unpaired) electrons. The van der Waals surface area contributed by atoms with Crippen LogP contribution in [0.2, 0.25) is 0 Å². The van der Waals surface area contributed by atoms with Crippen molar-refractivity contribution in [1.82, 2.24) is 14.5 Å². The van der Waals surface area contributed by atoms with Crippen molar-refractivity contribution in [1.29, 1.82) is 0 Å². The smallest absolute Gasteiger partial charge is 0.435 e. The topological polar surface area (TPSA) is 73.2 Å². The predicted molar refractivity (Wildman–Crippen MR) is 102 cm³/mol. The molecule has 0 saturated carbocycles. The summed E-state index contributed by atoms with van der Waals surface area (Å²) in [5, 5.41) is 3.73. The second kappa shape index (κ2) is 7.88. The second-order valence-corrected chi connectivity index (χ2v) is 8.15. The van der Waals surface area contributed by atoms with Gasteiger partial charge in [-0.25, -0.2) is 17.8 Å². The highest BCUT2D eigenvalue weighted by atomic mass is 32.2. The van der Waals surface area contributed by atoms with E-state index < -0.39 is 21.9 Å². The molecule has 0 aliphatic carbocycles. The molecular formula is C19H18F3N3O3S. The number of aromatic nitrogens is 2. The molecule has 154 valence electrons. The minimum absolute atomic E-state index is 0.0880. The lowest BCUT2D eigenvalue weighted by molar-refractivity contribution is -0.141. The van der Waals surface area contributed by atoms with E-state index in [0.717, 1.165) is 12.3 Å². The van der Waals surface area contributed by atoms with Gasteiger partial charge in [0.05, 0.1) is 24.7 Å². The summed E-state index contributed by atoms with van der Waals surface area (Å²) >= 11 is 0. The zero-order valence-corrected chi connectivity index (χ0v) is 16.4. The van der Waals surface area contributed by atoms with E-state index >= 15 is 0 Å². The van der Waals surface area contributed by atoms with Gasteiger partial charge < -0.3 is 4.74 Å². The Labute approximate surface area is 166 Å². The molecule has 0 unspecified atom stereocenters. The lowest BCUT2D eigenvalue weighted by Gasteiger charge is -2.09. The van der Waals surface area contributed by atoms with E-state index in [4.69, 9.17) is 4.74 Å². The standard InChI is InChI=1S/C19H18F3N3O3S/c1-28-16-9-7-15(8-10-16)25-17(11-18(24-25)19(20,21)22)14-5-3-13(4-6-14)12-23-29(2,26)27/h3-11,23H,12H2,1-2H3. The maximum atomic E-state index is 13.2. The minimum atomic E-state index is -4.59. The van der Waals surface area contributed by atoms with Gasteiger partial charge in [-0.05, 0) is 35.9 Å². The van der Waals surface area contributed by atoms with E-state index in [0.29, 0.717) is 22.6 Å². The first-order chi connectivity index (χ1) is 13.6. The van der Waals surface area contributed by atoms with Crippen LogP contribution in [0.1, 0.15) is 11.3 Å². The Morgan fingerprint density at radius 3 is 2.21 bits per heavy atom. The molecule has 1 aromatic heterocycles. The van der Waals surface area contributed by atoms with Crippen LogP contribution in [-0.2, 0) is 22.7 Å². The quantitative estimate of drug-likeness (QED) is 0.655. The first kappa shape index (κ1) is 20.9. The van der Waals surface area contributed by atoms with Crippen LogP contribution >= 0.6 is 0 Å². The van der Waals surface area contributed by atoms with Crippen LogP contribution < -0.4 is 9.46 Å². The van der Waals surface area contributed by atoms with E-state index in [1.165, 1.54) is 11.8 Å². The molecule has 0 aliphatic rings. The van der Waals surface area contributed by atoms with Crippen LogP contribution in [0, 0.1) is 0 Å². The van der Waals surface area contributed by atoms with E-state index in [9.17, 15) is 21.6 Å². The van der Waals surface area contributed by atoms with Gasteiger partial charge in [0.2, 0.25) is 10.0 Å². The number of ether oxygens (including phenoxy) is 1. The molecule has 6 nitrogen and oxygen atoms in total. The zero-order chi connectivity index (χ0) is 21.2. The Bertz CT molecular complexity index is 1090. The molecule has 0 saturated heterocycles. The molecule has 0 spiro atoms. The summed E-state index contributed by atoms with van der Waals surface area (Å²) in [7, 11) is -1.85. The molecule has 1 heterocycles. The Kier molecular flexibility index (Phi) is 5.67. The van der Waals surface area contributed by atoms with Crippen LogP contribution in [0.3, 0.4) is 0 Å². The number of benzene rings is 2. The summed E-state index contributed by atoms with van der Waals surface area (Å²) in [5.74, 6) is 0.571. The van der Waals surface area contributed by atoms with Gasteiger partial charge in [0.15, 0.2) is 5.69 Å². The van der Waals surface area contributed by atoms with E-state index in [-0.39, 0.29) is 12.2 Å². The fraction of sp³-hybridized carbons (Fsp3) is 0.211. The normalized spacial score (nSPS) is 12.2. The highest BCUT2D eigenvalue weighted by Crippen LogP contribution is 2.33. The highest BCUT2D eigenvalue weighted by Gasteiger charge is 2.35. The van der Waals surface area contributed by atoms with Crippen molar-refractivity contribution >= 4 is 10.0 Å². The number of sulfonamides is 1. The van der Waals surface area contributed by atoms with Crippen molar-refractivity contribution in [3.8, 4) is 22.7 Å². The van der Waals surface area contributed by atoms with Gasteiger partial charge in [0, 0.05) is 12.1 Å². The molecule has 1 N–H and O–H groups in total. The average molecular weight is 425 g/mol. The number of nitrogens with one attached hydrogen (secondary N) is 1. The molecule has 0 amide bonds. The third-order valence-corrected chi connectivity index (χ3v) is 4.77. The molecule has 0 fully saturated rings. The summed E-state index contributed by atoms with van der Waals surface area (Å²) in [6, 6.07) is 14.0. The van der Waals surface area contributed by atoms with Gasteiger partial charge in [0.25, 0.3) is 0 Å². The first-order valence-electron chi connectivity index (χ1n) is 8.42. The molecule has 2 aromatic carbocycles. The molecule has 10 heteroatoms. The first-order valence-corrected chi connectivity index (χ1v) is 10.3. The average Bonchev–Trinajstić information content (AvgIpc) is 3.12. The maximum Gasteiger partial charge on any atom is 0.435 e. The number of hydrogen-bond donors (Lipinski definition) is 1. The third kappa shape index (κ3) is 5.15. The second-order valence-electron chi connectivity index (χ2n) is 6.31. The van der Waals surface area contributed by atoms with Gasteiger partial charge in [-0.1, -0.05) is 24.3 Å². The van der Waals surface area contributed by atoms with Crippen LogP contribution in [0.5, 0.6) is 5.75 Å². The zero-order valence-electron chi connectivity index (χ0n) is 15.6. The summed E-state index contributed by atoms with van der Waals surface area (Å²) in [6.45, 7) is 0.0880. The Hall–Kier alpha value is -2.85. The van der Waals surface area contributed by atoms with Gasteiger partial charge in [-0.15, -0.1) is 0 Å². The van der Waals surface area contributed by atoms with Crippen LogP contribution in [0.4, 0.5) is 13.2 Å². The summed E-state index contributed by atoms with van der Waals surface area (Å²) in [6.07, 6.45) is -3.54. The number of nitrogens with zero attached hydrogens (tertiary/aromatic N) is 2. The SMILES string of the molecule is COc1ccc(-n2nc(C(F)(F)F)cc2-c2ccc(CNS(C)(=O)=O)cc2)cc1. The Morgan fingerprint density at radius 2 is 1.69 bits per heavy atom. The molecule has 0 aliphatic heterocycles. The van der Waals surface area contributed by atoms with Crippen LogP contribution in [0.15, 0.2) is 54.6 Å². The van der Waals surface area contributed by atoms with Crippen molar-refractivity contribution in [2.75, 3.05) is 13.4 Å². The van der Waals surface area contributed by atoms with Crippen molar-refractivity contribution in [2.45, 2.75) is 12.7 Å². The number of alkyl halides is 3. The molecule has 0 atom stereocenters. The lowest BCUT2D eigenvalue weighted by Crippen LogP contribution is -2.21. The molecule has 29 heavy (non-hydrogen) atoms. The number of methoxy groups -OCH3 is 1. The van der Waals surface area contributed by atoms with Crippen molar-refractivity contribution in [3.05, 3.63) is 65.9 Å². The number of halogens is 3. The predicted octanol–water partition coefficient (Wildman–Crippen LogP) is 3.62. The van der Waals surface area contributed by atoms with Gasteiger partial charge in [-0.3, -0.25) is 0 Å². The largest absolute Gasteiger partial charge is 0.497 e. The maximum absolute atomic E-state index is 13.2. The van der Waals surface area contributed by atoms with Crippen molar-refractivity contribution in [2.24, 2.45) is 0 Å². The van der Waals surface area contributed by atoms with Crippen LogP contribution in [-0.4, -0.2) is 31.6 Å². The Balaban J connectivity index is 2.00. The highest BCUT2D eigenvalue weighted by molar-refractivity contribution is 7.88. The summed E-state index contributed by atoms with van der Waals surface area (Å²) in [5.41, 5.74) is 0.869. The van der Waals surface area contributed by atoms with E-state index in [2.05, 4.69) is 9.82 Å². The number of hydrogen-bond acceptors (Lipinski definition) is 4. The molecular weight excluding hydrogens is 407 g/mol. The van der Waals surface area contributed by atoms with Crippen LogP contribution in [0.25, 0.3) is 16.9 Å². The van der Waals surface area contributed by atoms with Crippen molar-refractivity contribution in [3.63, 3.8) is 0 Å². The van der Waals surface area contributed by atoms with Gasteiger partial charge >= 0.3 is 6.18 Å². The monoisotopic (exact) mass is 425 g/mol. The van der Waals surface area contributed by atoms with Crippen molar-refractivity contribution < 1.29 is 26.3 Å². The Morgan fingerprint density at radius 1 is 1.07 bits per heavy atom. The summed E-state index contributed by atoms with van der Waals surface area (Å²) < 4.78 is 70.8. The summed E-state index contributed by atoms with van der Waals surface area (Å²) in [4.78, 5) is 0. The minimum Gasteiger partial charge on any atom is -0.497 e. The lowest BCUT2D eigenvalue weighted by atomic mass is 10.1. The fourth-order valence-electron chi connectivity index (χ4n) is 2.65. The van der Waals surface area contributed by atoms with Gasteiger partial charge in [-0.2, -0.15) is 18.3 Å². The van der Waals surface area contributed by atoms with Gasteiger partial charge in [0.1, 0.15) is 5.75 Å². The van der Waals surface area contributed by atoms with E-state index in [1.807, 2.05) is 0 Å². The number of rotatable bonds is 6. The molecule has 0 bridgehead atoms. The third-order valence-electron chi connectivity index (χ3n) is 4.10. The fourth-order valence-corrected chi connectivity index (χ4v) is 3.08. The van der Waals surface area contributed by atoms with E-state index in [1.54, 1.807) is 48.5 Å². The molecule has 3 aromatic rings. The molecule has 3 rings (SSSR count).